The zero-order valence-corrected chi connectivity index (χ0v) is 12.5. The fraction of sp³-hybridized carbons (Fsp3) is 0.429. The van der Waals surface area contributed by atoms with Crippen LogP contribution < -0.4 is 5.32 Å². The number of hydrogen-bond acceptors (Lipinski definition) is 4. The highest BCUT2D eigenvalue weighted by Crippen LogP contribution is 2.26. The number of rotatable bonds is 4. The van der Waals surface area contributed by atoms with Crippen molar-refractivity contribution in [2.45, 2.75) is 26.8 Å². The summed E-state index contributed by atoms with van der Waals surface area (Å²) in [5.41, 5.74) is 0.732. The molecular formula is C14H17FN2O2S. The van der Waals surface area contributed by atoms with Gasteiger partial charge in [0.2, 0.25) is 0 Å². The van der Waals surface area contributed by atoms with Crippen LogP contribution in [0, 0.1) is 11.7 Å². The van der Waals surface area contributed by atoms with Crippen molar-refractivity contribution in [1.29, 1.82) is 0 Å². The van der Waals surface area contributed by atoms with Gasteiger partial charge in [-0.15, -0.1) is 11.3 Å². The third-order valence-electron chi connectivity index (χ3n) is 2.62. The molecule has 1 N–H and O–H groups in total. The van der Waals surface area contributed by atoms with E-state index in [0.29, 0.717) is 12.5 Å². The van der Waals surface area contributed by atoms with Crippen LogP contribution in [0.5, 0.6) is 0 Å². The Bertz CT molecular complexity index is 612. The molecule has 1 heterocycles. The van der Waals surface area contributed by atoms with Gasteiger partial charge in [-0.2, -0.15) is 0 Å². The van der Waals surface area contributed by atoms with Crippen molar-refractivity contribution in [2.24, 2.45) is 5.92 Å². The first-order chi connectivity index (χ1) is 9.45. The van der Waals surface area contributed by atoms with Gasteiger partial charge in [0, 0.05) is 0 Å². The van der Waals surface area contributed by atoms with Gasteiger partial charge in [0.15, 0.2) is 0 Å². The van der Waals surface area contributed by atoms with Crippen LogP contribution in [-0.2, 0) is 4.74 Å². The van der Waals surface area contributed by atoms with Gasteiger partial charge < -0.3 is 10.1 Å². The van der Waals surface area contributed by atoms with E-state index in [9.17, 15) is 9.18 Å². The van der Waals surface area contributed by atoms with E-state index in [1.165, 1.54) is 23.5 Å². The molecule has 1 unspecified atom stereocenters. The third-order valence-corrected chi connectivity index (χ3v) is 3.82. The number of nitrogens with zero attached hydrogens (tertiary/aromatic N) is 1. The lowest BCUT2D eigenvalue weighted by Gasteiger charge is -2.12. The lowest BCUT2D eigenvalue weighted by Crippen LogP contribution is -2.28. The van der Waals surface area contributed by atoms with Crippen molar-refractivity contribution in [2.75, 3.05) is 6.61 Å². The molecule has 20 heavy (non-hydrogen) atoms. The van der Waals surface area contributed by atoms with Crippen LogP contribution in [0.25, 0.3) is 10.2 Å². The van der Waals surface area contributed by atoms with Gasteiger partial charge in [0.05, 0.1) is 22.9 Å². The Morgan fingerprint density at radius 1 is 1.45 bits per heavy atom. The Labute approximate surface area is 121 Å². The Morgan fingerprint density at radius 2 is 2.20 bits per heavy atom. The van der Waals surface area contributed by atoms with E-state index in [4.69, 9.17) is 4.74 Å². The third kappa shape index (κ3) is 3.66. The highest BCUT2D eigenvalue weighted by molar-refractivity contribution is 7.18. The Morgan fingerprint density at radius 3 is 2.90 bits per heavy atom. The van der Waals surface area contributed by atoms with E-state index in [-0.39, 0.29) is 11.9 Å². The van der Waals surface area contributed by atoms with E-state index >= 15 is 0 Å². The van der Waals surface area contributed by atoms with Crippen LogP contribution >= 0.6 is 11.3 Å². The predicted molar refractivity (Wildman–Crippen MR) is 77.3 cm³/mol. The molecule has 6 heteroatoms. The van der Waals surface area contributed by atoms with Crippen molar-refractivity contribution in [3.63, 3.8) is 0 Å². The number of aromatic nitrogens is 1. The number of carbonyl (C=O) groups is 1. The van der Waals surface area contributed by atoms with Crippen LogP contribution in [0.1, 0.15) is 31.8 Å². The molecule has 1 atom stereocenters. The average molecular weight is 296 g/mol. The zero-order chi connectivity index (χ0) is 14.7. The number of hydrogen-bond donors (Lipinski definition) is 1. The van der Waals surface area contributed by atoms with Gasteiger partial charge >= 0.3 is 6.09 Å². The molecule has 4 nitrogen and oxygen atoms in total. The molecule has 0 spiro atoms. The molecule has 108 valence electrons. The van der Waals surface area contributed by atoms with Crippen molar-refractivity contribution in [3.05, 3.63) is 29.0 Å². The quantitative estimate of drug-likeness (QED) is 0.931. The normalized spacial score (nSPS) is 12.7. The molecule has 0 bridgehead atoms. The van der Waals surface area contributed by atoms with Crippen molar-refractivity contribution in [1.82, 2.24) is 10.3 Å². The summed E-state index contributed by atoms with van der Waals surface area (Å²) in [7, 11) is 0. The number of amides is 1. The summed E-state index contributed by atoms with van der Waals surface area (Å²) in [6.45, 7) is 6.14. The first kappa shape index (κ1) is 14.7. The number of thiazole rings is 1. The van der Waals surface area contributed by atoms with E-state index in [1.54, 1.807) is 6.07 Å². The lowest BCUT2D eigenvalue weighted by molar-refractivity contribution is 0.130. The minimum atomic E-state index is -0.461. The zero-order valence-electron chi connectivity index (χ0n) is 11.6. The second-order valence-electron chi connectivity index (χ2n) is 5.02. The van der Waals surface area contributed by atoms with Crippen LogP contribution in [0.3, 0.4) is 0 Å². The van der Waals surface area contributed by atoms with E-state index < -0.39 is 6.09 Å². The number of benzene rings is 1. The fourth-order valence-electron chi connectivity index (χ4n) is 1.62. The van der Waals surface area contributed by atoms with Gasteiger partial charge in [-0.05, 0) is 31.0 Å². The molecule has 2 aromatic rings. The molecule has 2 rings (SSSR count). The number of ether oxygens (including phenoxy) is 1. The summed E-state index contributed by atoms with van der Waals surface area (Å²) in [4.78, 5) is 16.0. The molecule has 0 aliphatic carbocycles. The van der Waals surface area contributed by atoms with Gasteiger partial charge in [0.25, 0.3) is 0 Å². The van der Waals surface area contributed by atoms with Crippen molar-refractivity contribution < 1.29 is 13.9 Å². The van der Waals surface area contributed by atoms with Crippen molar-refractivity contribution in [3.8, 4) is 0 Å². The number of nitrogens with one attached hydrogen (secondary N) is 1. The maximum Gasteiger partial charge on any atom is 0.407 e. The summed E-state index contributed by atoms with van der Waals surface area (Å²) in [5.74, 6) is 0.00568. The minimum Gasteiger partial charge on any atom is -0.449 e. The first-order valence-corrected chi connectivity index (χ1v) is 7.26. The molecule has 0 saturated carbocycles. The summed E-state index contributed by atoms with van der Waals surface area (Å²) in [6.07, 6.45) is -0.461. The van der Waals surface area contributed by atoms with Crippen LogP contribution in [0.4, 0.5) is 9.18 Å². The van der Waals surface area contributed by atoms with Gasteiger partial charge in [-0.3, -0.25) is 0 Å². The topological polar surface area (TPSA) is 51.2 Å². The number of fused-ring (bicyclic) bond motifs is 1. The highest BCUT2D eigenvalue weighted by Gasteiger charge is 2.15. The van der Waals surface area contributed by atoms with E-state index in [1.807, 2.05) is 20.8 Å². The van der Waals surface area contributed by atoms with Gasteiger partial charge in [0.1, 0.15) is 10.8 Å². The van der Waals surface area contributed by atoms with Crippen LogP contribution in [-0.4, -0.2) is 17.7 Å². The molecule has 1 amide bonds. The number of alkyl carbamates (subject to hydrolysis) is 1. The SMILES string of the molecule is CC(C)COC(=O)NC(C)c1nc2ccc(F)cc2s1. The Balaban J connectivity index is 2.03. The molecule has 1 aromatic heterocycles. The van der Waals surface area contributed by atoms with E-state index in [2.05, 4.69) is 10.3 Å². The second-order valence-corrected chi connectivity index (χ2v) is 6.08. The first-order valence-electron chi connectivity index (χ1n) is 6.45. The smallest absolute Gasteiger partial charge is 0.407 e. The lowest BCUT2D eigenvalue weighted by atomic mass is 10.2. The standard InChI is InChI=1S/C14H17FN2O2S/c1-8(2)7-19-14(18)16-9(3)13-17-11-5-4-10(15)6-12(11)20-13/h4-6,8-9H,7H2,1-3H3,(H,16,18). The minimum absolute atomic E-state index is 0.268. The molecule has 0 aliphatic heterocycles. The maximum atomic E-state index is 13.1. The Hall–Kier alpha value is -1.69. The summed E-state index contributed by atoms with van der Waals surface area (Å²) >= 11 is 1.36. The predicted octanol–water partition coefficient (Wildman–Crippen LogP) is 3.88. The van der Waals surface area contributed by atoms with E-state index in [0.717, 1.165) is 15.2 Å². The molecule has 0 radical (unpaired) electrons. The fourth-order valence-corrected chi connectivity index (χ4v) is 2.62. The molecular weight excluding hydrogens is 279 g/mol. The van der Waals surface area contributed by atoms with Crippen LogP contribution in [0.15, 0.2) is 18.2 Å². The van der Waals surface area contributed by atoms with Crippen molar-refractivity contribution >= 4 is 27.6 Å². The largest absolute Gasteiger partial charge is 0.449 e. The monoisotopic (exact) mass is 296 g/mol. The molecule has 0 fully saturated rings. The van der Waals surface area contributed by atoms with Gasteiger partial charge in [-0.25, -0.2) is 14.2 Å². The average Bonchev–Trinajstić information content (AvgIpc) is 2.79. The summed E-state index contributed by atoms with van der Waals surface area (Å²) in [6, 6.07) is 4.19. The maximum absolute atomic E-state index is 13.1. The highest BCUT2D eigenvalue weighted by atomic mass is 32.1. The molecule has 1 aromatic carbocycles. The summed E-state index contributed by atoms with van der Waals surface area (Å²) < 4.78 is 18.9. The Kier molecular flexibility index (Phi) is 4.54. The van der Waals surface area contributed by atoms with Gasteiger partial charge in [-0.1, -0.05) is 13.8 Å². The second kappa shape index (κ2) is 6.17. The number of carbonyl (C=O) groups excluding carboxylic acids is 1. The number of halogens is 1. The molecule has 0 saturated heterocycles. The van der Waals surface area contributed by atoms with Crippen LogP contribution in [0.2, 0.25) is 0 Å². The summed E-state index contributed by atoms with van der Waals surface area (Å²) in [5, 5.41) is 3.45. The molecule has 0 aliphatic rings.